The summed E-state index contributed by atoms with van der Waals surface area (Å²) in [6, 6.07) is 15.0. The van der Waals surface area contributed by atoms with Gasteiger partial charge in [0.1, 0.15) is 12.1 Å². The van der Waals surface area contributed by atoms with Crippen LogP contribution >= 0.6 is 11.3 Å². The molecule has 0 aliphatic carbocycles. The fourth-order valence-electron chi connectivity index (χ4n) is 5.75. The molecule has 2 heterocycles. The fourth-order valence-corrected chi connectivity index (χ4v) is 6.56. The van der Waals surface area contributed by atoms with E-state index in [0.717, 1.165) is 53.8 Å². The molecule has 1 aliphatic rings. The molecule has 4 rings (SSSR count). The summed E-state index contributed by atoms with van der Waals surface area (Å²) in [7, 11) is 0. The molecule has 1 aromatic heterocycles. The summed E-state index contributed by atoms with van der Waals surface area (Å²) in [6.07, 6.45) is 4.36. The van der Waals surface area contributed by atoms with Crippen LogP contribution in [-0.2, 0) is 33.8 Å². The molecule has 2 aromatic carbocycles. The number of aromatic nitrogens is 1. The molecule has 242 valence electrons. The number of benzene rings is 2. The number of hydrogen-bond donors (Lipinski definition) is 3. The van der Waals surface area contributed by atoms with Gasteiger partial charge in [0.05, 0.1) is 22.2 Å². The number of amides is 3. The van der Waals surface area contributed by atoms with Crippen LogP contribution in [0.4, 0.5) is 0 Å². The zero-order valence-electron chi connectivity index (χ0n) is 27.3. The van der Waals surface area contributed by atoms with Crippen molar-refractivity contribution in [2.75, 3.05) is 6.54 Å². The summed E-state index contributed by atoms with van der Waals surface area (Å²) < 4.78 is 0. The van der Waals surface area contributed by atoms with Crippen molar-refractivity contribution in [3.8, 4) is 10.4 Å². The number of rotatable bonds is 13. The van der Waals surface area contributed by atoms with Gasteiger partial charge in [-0.25, -0.2) is 4.98 Å². The van der Waals surface area contributed by atoms with E-state index >= 15 is 0 Å². The Labute approximate surface area is 271 Å². The lowest BCUT2D eigenvalue weighted by atomic mass is 9.85. The van der Waals surface area contributed by atoms with Crippen molar-refractivity contribution in [3.05, 3.63) is 76.4 Å². The van der Waals surface area contributed by atoms with Gasteiger partial charge in [0.15, 0.2) is 0 Å². The first-order chi connectivity index (χ1) is 21.5. The normalized spacial score (nSPS) is 17.2. The average molecular weight is 633 g/mol. The van der Waals surface area contributed by atoms with Gasteiger partial charge >= 0.3 is 0 Å². The Morgan fingerprint density at radius 2 is 1.67 bits per heavy atom. The average Bonchev–Trinajstić information content (AvgIpc) is 3.63. The highest BCUT2D eigenvalue weighted by Gasteiger charge is 2.44. The number of β-amino-alcohol motifs (C(OH)–C–C–N with tert-alkyl or cyclic N) is 1. The summed E-state index contributed by atoms with van der Waals surface area (Å²) in [6.45, 7) is 10.2. The highest BCUT2D eigenvalue weighted by Crippen LogP contribution is 2.28. The fraction of sp³-hybridized carbons (Fsp3) is 0.500. The highest BCUT2D eigenvalue weighted by molar-refractivity contribution is 7.13. The third-order valence-corrected chi connectivity index (χ3v) is 9.49. The Morgan fingerprint density at radius 3 is 2.29 bits per heavy atom. The van der Waals surface area contributed by atoms with Crippen LogP contribution in [0.1, 0.15) is 82.2 Å². The number of thiazole rings is 1. The van der Waals surface area contributed by atoms with Gasteiger partial charge in [0, 0.05) is 25.9 Å². The van der Waals surface area contributed by atoms with Gasteiger partial charge in [-0.1, -0.05) is 82.6 Å². The van der Waals surface area contributed by atoms with Crippen LogP contribution in [-0.4, -0.2) is 57.4 Å². The van der Waals surface area contributed by atoms with E-state index in [2.05, 4.69) is 46.8 Å². The zero-order valence-corrected chi connectivity index (χ0v) is 28.1. The van der Waals surface area contributed by atoms with Crippen molar-refractivity contribution in [1.82, 2.24) is 20.5 Å². The molecule has 3 aromatic rings. The van der Waals surface area contributed by atoms with E-state index in [1.807, 2.05) is 57.5 Å². The molecule has 0 radical (unpaired) electrons. The predicted molar refractivity (Wildman–Crippen MR) is 180 cm³/mol. The van der Waals surface area contributed by atoms with Crippen LogP contribution in [0, 0.1) is 12.3 Å². The number of aliphatic hydroxyl groups excluding tert-OH is 1. The van der Waals surface area contributed by atoms with E-state index < -0.39 is 23.6 Å². The molecule has 3 N–H and O–H groups in total. The first-order valence-corrected chi connectivity index (χ1v) is 17.0. The minimum atomic E-state index is -0.814. The van der Waals surface area contributed by atoms with Crippen molar-refractivity contribution in [1.29, 1.82) is 0 Å². The van der Waals surface area contributed by atoms with Gasteiger partial charge in [-0.15, -0.1) is 11.3 Å². The minimum absolute atomic E-state index is 0.0570. The maximum absolute atomic E-state index is 13.8. The number of carbonyl (C=O) groups is 3. The van der Waals surface area contributed by atoms with Gasteiger partial charge in [0.25, 0.3) is 0 Å². The molecule has 0 spiro atoms. The smallest absolute Gasteiger partial charge is 0.246 e. The number of carbonyl (C=O) groups excluding carboxylic acids is 3. The second-order valence-electron chi connectivity index (χ2n) is 13.2. The van der Waals surface area contributed by atoms with Gasteiger partial charge in [-0.2, -0.15) is 0 Å². The van der Waals surface area contributed by atoms with Gasteiger partial charge < -0.3 is 20.6 Å². The SMILES string of the molecule is CCc1ccc(CCCCCC(=O)N[C@H](C(=O)N2C[C@H](O)C[C@H]2C(=O)NCc2ccc(-c3scnc3C)cc2)C(C)(C)C)cc1. The van der Waals surface area contributed by atoms with Crippen LogP contribution < -0.4 is 10.6 Å². The maximum atomic E-state index is 13.8. The van der Waals surface area contributed by atoms with Crippen LogP contribution in [0.2, 0.25) is 0 Å². The molecule has 3 amide bonds. The summed E-state index contributed by atoms with van der Waals surface area (Å²) >= 11 is 1.59. The van der Waals surface area contributed by atoms with Crippen molar-refractivity contribution in [2.24, 2.45) is 5.41 Å². The largest absolute Gasteiger partial charge is 0.391 e. The highest BCUT2D eigenvalue weighted by atomic mass is 32.1. The number of nitrogens with one attached hydrogen (secondary N) is 2. The van der Waals surface area contributed by atoms with Gasteiger partial charge in [-0.05, 0) is 60.3 Å². The second-order valence-corrected chi connectivity index (χ2v) is 14.0. The van der Waals surface area contributed by atoms with Crippen LogP contribution in [0.5, 0.6) is 0 Å². The molecule has 1 fully saturated rings. The molecule has 8 nitrogen and oxygen atoms in total. The van der Waals surface area contributed by atoms with E-state index in [4.69, 9.17) is 0 Å². The summed E-state index contributed by atoms with van der Waals surface area (Å²) in [5, 5.41) is 16.4. The van der Waals surface area contributed by atoms with Gasteiger partial charge in [-0.3, -0.25) is 14.4 Å². The van der Waals surface area contributed by atoms with E-state index in [0.29, 0.717) is 13.0 Å². The molecular formula is C36H48N4O4S. The zero-order chi connectivity index (χ0) is 32.6. The summed E-state index contributed by atoms with van der Waals surface area (Å²) in [5.41, 5.74) is 6.88. The quantitative estimate of drug-likeness (QED) is 0.213. The molecule has 1 saturated heterocycles. The van der Waals surface area contributed by atoms with Crippen LogP contribution in [0.25, 0.3) is 10.4 Å². The first-order valence-electron chi connectivity index (χ1n) is 16.1. The number of aliphatic hydroxyl groups is 1. The number of aryl methyl sites for hydroxylation is 3. The number of hydrogen-bond acceptors (Lipinski definition) is 6. The second kappa shape index (κ2) is 15.6. The Bertz CT molecular complexity index is 1430. The van der Waals surface area contributed by atoms with E-state index in [-0.39, 0.29) is 30.7 Å². The van der Waals surface area contributed by atoms with Crippen molar-refractivity contribution >= 4 is 29.1 Å². The third kappa shape index (κ3) is 9.47. The van der Waals surface area contributed by atoms with Crippen molar-refractivity contribution < 1.29 is 19.5 Å². The topological polar surface area (TPSA) is 112 Å². The Morgan fingerprint density at radius 1 is 1.00 bits per heavy atom. The molecular weight excluding hydrogens is 584 g/mol. The molecule has 3 atom stereocenters. The van der Waals surface area contributed by atoms with E-state index in [1.54, 1.807) is 11.3 Å². The van der Waals surface area contributed by atoms with E-state index in [1.165, 1.54) is 16.0 Å². The minimum Gasteiger partial charge on any atom is -0.391 e. The molecule has 0 bridgehead atoms. The molecule has 0 unspecified atom stereocenters. The molecule has 45 heavy (non-hydrogen) atoms. The lowest BCUT2D eigenvalue weighted by Crippen LogP contribution is -2.57. The Hall–Kier alpha value is -3.56. The molecule has 9 heteroatoms. The van der Waals surface area contributed by atoms with Crippen molar-refractivity contribution in [2.45, 2.75) is 104 Å². The lowest BCUT2D eigenvalue weighted by Gasteiger charge is -2.35. The lowest BCUT2D eigenvalue weighted by molar-refractivity contribution is -0.144. The third-order valence-electron chi connectivity index (χ3n) is 8.51. The number of unbranched alkanes of at least 4 members (excludes halogenated alkanes) is 2. The van der Waals surface area contributed by atoms with E-state index in [9.17, 15) is 19.5 Å². The standard InChI is InChI=1S/C36H48N4O4S/c1-6-25-12-14-26(15-13-25)10-8-7-9-11-31(42)39-33(36(3,4)5)35(44)40-22-29(41)20-30(40)34(43)37-21-27-16-18-28(19-17-27)32-24(2)38-23-45-32/h12-19,23,29-30,33,41H,6-11,20-22H2,1-5H3,(H,37,43)(H,39,42)/t29-,30+,33-/m1/s1. The predicted octanol–water partition coefficient (Wildman–Crippen LogP) is 5.59. The monoisotopic (exact) mass is 632 g/mol. The number of likely N-dealkylation sites (tertiary alicyclic amines) is 1. The van der Waals surface area contributed by atoms with Crippen LogP contribution in [0.15, 0.2) is 54.0 Å². The van der Waals surface area contributed by atoms with Crippen LogP contribution in [0.3, 0.4) is 0 Å². The van der Waals surface area contributed by atoms with Gasteiger partial charge in [0.2, 0.25) is 17.7 Å². The first kappa shape index (κ1) is 34.3. The molecule has 0 saturated carbocycles. The summed E-state index contributed by atoms with van der Waals surface area (Å²) in [4.78, 5) is 47.0. The van der Waals surface area contributed by atoms with Crippen molar-refractivity contribution in [3.63, 3.8) is 0 Å². The number of nitrogens with zero attached hydrogens (tertiary/aromatic N) is 2. The summed E-state index contributed by atoms with van der Waals surface area (Å²) in [5.74, 6) is -0.828. The molecule has 1 aliphatic heterocycles. The Kier molecular flexibility index (Phi) is 11.9. The maximum Gasteiger partial charge on any atom is 0.246 e. The Balaban J connectivity index is 1.29.